The highest BCUT2D eigenvalue weighted by molar-refractivity contribution is 6.64. The van der Waals surface area contributed by atoms with Crippen LogP contribution in [0.3, 0.4) is 0 Å². The fourth-order valence-corrected chi connectivity index (χ4v) is 4.42. The van der Waals surface area contributed by atoms with E-state index in [0.29, 0.717) is 0 Å². The molecule has 0 aliphatic carbocycles. The van der Waals surface area contributed by atoms with Crippen molar-refractivity contribution in [2.75, 3.05) is 0 Å². The van der Waals surface area contributed by atoms with Gasteiger partial charge in [0.05, 0.1) is 11.2 Å². The van der Waals surface area contributed by atoms with Crippen LogP contribution in [0.1, 0.15) is 27.7 Å². The molecule has 2 heterocycles. The first-order chi connectivity index (χ1) is 13.4. The van der Waals surface area contributed by atoms with Crippen molar-refractivity contribution in [3.63, 3.8) is 0 Å². The van der Waals surface area contributed by atoms with Crippen molar-refractivity contribution in [3.8, 4) is 11.5 Å². The third-order valence-corrected chi connectivity index (χ3v) is 6.67. The first-order valence-electron chi connectivity index (χ1n) is 9.80. The minimum atomic E-state index is -0.455. The third-order valence-electron chi connectivity index (χ3n) is 6.67. The Labute approximate surface area is 164 Å². The van der Waals surface area contributed by atoms with Crippen molar-refractivity contribution < 1.29 is 14.0 Å². The van der Waals surface area contributed by atoms with E-state index in [2.05, 4.69) is 70.2 Å². The molecule has 2 aliphatic rings. The highest BCUT2D eigenvalue weighted by Gasteiger charge is 2.52. The summed E-state index contributed by atoms with van der Waals surface area (Å²) in [5.41, 5.74) is 0.167. The molecule has 0 spiro atoms. The maximum atomic E-state index is 6.51. The van der Waals surface area contributed by atoms with E-state index in [9.17, 15) is 0 Å². The van der Waals surface area contributed by atoms with Crippen molar-refractivity contribution in [3.05, 3.63) is 54.6 Å². The molecular weight excluding hydrogens is 347 g/mol. The molecular formula is C24H21BO3. The summed E-state index contributed by atoms with van der Waals surface area (Å²) in [6, 6.07) is 19.2. The molecule has 0 N–H and O–H groups in total. The predicted octanol–water partition coefficient (Wildman–Crippen LogP) is 5.55. The number of benzene rings is 4. The summed E-state index contributed by atoms with van der Waals surface area (Å²) >= 11 is 0. The van der Waals surface area contributed by atoms with Crippen LogP contribution in [-0.2, 0) is 9.31 Å². The van der Waals surface area contributed by atoms with Crippen molar-refractivity contribution in [1.29, 1.82) is 0 Å². The van der Waals surface area contributed by atoms with Crippen molar-refractivity contribution >= 4 is 44.9 Å². The van der Waals surface area contributed by atoms with Crippen LogP contribution < -0.4 is 10.2 Å². The van der Waals surface area contributed by atoms with Crippen LogP contribution in [0.2, 0.25) is 0 Å². The molecule has 2 aliphatic heterocycles. The quantitative estimate of drug-likeness (QED) is 0.287. The normalized spacial score (nSPS) is 19.2. The second kappa shape index (κ2) is 5.08. The predicted molar refractivity (Wildman–Crippen MR) is 115 cm³/mol. The lowest BCUT2D eigenvalue weighted by Crippen LogP contribution is -2.41. The molecule has 4 aromatic carbocycles. The average Bonchev–Trinajstić information content (AvgIpc) is 2.88. The Morgan fingerprint density at radius 3 is 1.89 bits per heavy atom. The minimum absolute atomic E-state index is 0.391. The Bertz CT molecular complexity index is 1280. The van der Waals surface area contributed by atoms with Crippen LogP contribution in [0.5, 0.6) is 11.5 Å². The van der Waals surface area contributed by atoms with E-state index >= 15 is 0 Å². The monoisotopic (exact) mass is 368 g/mol. The Kier molecular flexibility index (Phi) is 2.97. The Morgan fingerprint density at radius 1 is 0.643 bits per heavy atom. The van der Waals surface area contributed by atoms with Crippen LogP contribution in [0.25, 0.3) is 32.3 Å². The SMILES string of the molecule is CC1(C)OB(c2ccc3ccc4ccc5cccc6c5c4c3c2O6)OC1(C)C. The highest BCUT2D eigenvalue weighted by atomic mass is 16.7. The van der Waals surface area contributed by atoms with E-state index in [-0.39, 0.29) is 0 Å². The van der Waals surface area contributed by atoms with E-state index in [0.717, 1.165) is 22.3 Å². The molecule has 0 atom stereocenters. The lowest BCUT2D eigenvalue weighted by Gasteiger charge is -2.32. The molecule has 4 heteroatoms. The summed E-state index contributed by atoms with van der Waals surface area (Å²) < 4.78 is 19.2. The molecule has 0 amide bonds. The van der Waals surface area contributed by atoms with Crippen LogP contribution in [-0.4, -0.2) is 18.3 Å². The molecule has 0 radical (unpaired) electrons. The lowest BCUT2D eigenvalue weighted by atomic mass is 9.76. The summed E-state index contributed by atoms with van der Waals surface area (Å²) in [5, 5.41) is 7.18. The first-order valence-corrected chi connectivity index (χ1v) is 9.80. The van der Waals surface area contributed by atoms with E-state index in [1.165, 1.54) is 26.9 Å². The van der Waals surface area contributed by atoms with E-state index in [4.69, 9.17) is 14.0 Å². The second-order valence-electron chi connectivity index (χ2n) is 8.86. The summed E-state index contributed by atoms with van der Waals surface area (Å²) in [5.74, 6) is 1.75. The minimum Gasteiger partial charge on any atom is -0.456 e. The van der Waals surface area contributed by atoms with E-state index < -0.39 is 18.3 Å². The standard InChI is InChI=1S/C24H21BO3/c1-23(2)24(3,4)28-25(27-23)17-13-12-16-11-10-15-9-8-14-6-5-7-18-19(14)20(15)21(16)22(17)26-18/h5-13H,1-4H3. The molecule has 0 bridgehead atoms. The zero-order valence-electron chi connectivity index (χ0n) is 16.5. The topological polar surface area (TPSA) is 27.7 Å². The van der Waals surface area contributed by atoms with Gasteiger partial charge in [-0.05, 0) is 49.9 Å². The van der Waals surface area contributed by atoms with Crippen LogP contribution in [0, 0.1) is 0 Å². The molecule has 0 unspecified atom stereocenters. The third kappa shape index (κ3) is 1.97. The van der Waals surface area contributed by atoms with Gasteiger partial charge in [-0.1, -0.05) is 48.5 Å². The van der Waals surface area contributed by atoms with Gasteiger partial charge in [0.1, 0.15) is 11.5 Å². The van der Waals surface area contributed by atoms with Crippen molar-refractivity contribution in [2.45, 2.75) is 38.9 Å². The molecule has 1 saturated heterocycles. The summed E-state index contributed by atoms with van der Waals surface area (Å²) in [6.07, 6.45) is 0. The fourth-order valence-electron chi connectivity index (χ4n) is 4.42. The van der Waals surface area contributed by atoms with Crippen LogP contribution in [0.4, 0.5) is 0 Å². The number of hydrogen-bond acceptors (Lipinski definition) is 3. The fraction of sp³-hybridized carbons (Fsp3) is 0.250. The molecule has 3 nitrogen and oxygen atoms in total. The van der Waals surface area contributed by atoms with Crippen LogP contribution in [0.15, 0.2) is 54.6 Å². The Balaban J connectivity index is 1.70. The van der Waals surface area contributed by atoms with Gasteiger partial charge < -0.3 is 14.0 Å². The lowest BCUT2D eigenvalue weighted by molar-refractivity contribution is 0.00578. The van der Waals surface area contributed by atoms with Gasteiger partial charge >= 0.3 is 7.12 Å². The number of ether oxygens (including phenoxy) is 1. The Hall–Kier alpha value is -2.56. The zero-order chi connectivity index (χ0) is 19.3. The van der Waals surface area contributed by atoms with Gasteiger partial charge in [0.15, 0.2) is 0 Å². The average molecular weight is 368 g/mol. The second-order valence-corrected chi connectivity index (χ2v) is 8.86. The summed E-state index contributed by atoms with van der Waals surface area (Å²) in [6.45, 7) is 8.31. The summed E-state index contributed by atoms with van der Waals surface area (Å²) in [4.78, 5) is 0. The van der Waals surface area contributed by atoms with Gasteiger partial charge in [0, 0.05) is 21.6 Å². The van der Waals surface area contributed by atoms with Gasteiger partial charge in [-0.25, -0.2) is 0 Å². The molecule has 28 heavy (non-hydrogen) atoms. The smallest absolute Gasteiger partial charge is 0.456 e. The van der Waals surface area contributed by atoms with Gasteiger partial charge in [0.25, 0.3) is 0 Å². The van der Waals surface area contributed by atoms with Gasteiger partial charge in [0.2, 0.25) is 0 Å². The number of rotatable bonds is 1. The number of hydrogen-bond donors (Lipinski definition) is 0. The highest BCUT2D eigenvalue weighted by Crippen LogP contribution is 2.47. The first kappa shape index (κ1) is 16.4. The Morgan fingerprint density at radius 2 is 1.21 bits per heavy atom. The van der Waals surface area contributed by atoms with Gasteiger partial charge in [-0.2, -0.15) is 0 Å². The van der Waals surface area contributed by atoms with Crippen molar-refractivity contribution in [1.82, 2.24) is 0 Å². The molecule has 1 fully saturated rings. The summed E-state index contributed by atoms with van der Waals surface area (Å²) in [7, 11) is -0.455. The molecule has 4 aromatic rings. The van der Waals surface area contributed by atoms with E-state index in [1.807, 2.05) is 12.1 Å². The van der Waals surface area contributed by atoms with Gasteiger partial charge in [-0.15, -0.1) is 0 Å². The largest absolute Gasteiger partial charge is 0.498 e. The maximum absolute atomic E-state index is 6.51. The van der Waals surface area contributed by atoms with E-state index in [1.54, 1.807) is 0 Å². The van der Waals surface area contributed by atoms with Crippen molar-refractivity contribution in [2.24, 2.45) is 0 Å². The van der Waals surface area contributed by atoms with Crippen LogP contribution >= 0.6 is 0 Å². The molecule has 0 aromatic heterocycles. The molecule has 6 rings (SSSR count). The zero-order valence-corrected chi connectivity index (χ0v) is 16.5. The maximum Gasteiger partial charge on any atom is 0.498 e. The molecule has 0 saturated carbocycles. The molecule has 138 valence electrons. The van der Waals surface area contributed by atoms with Gasteiger partial charge in [-0.3, -0.25) is 0 Å².